The van der Waals surface area contributed by atoms with Gasteiger partial charge in [-0.2, -0.15) is 23.7 Å². The van der Waals surface area contributed by atoms with Crippen LogP contribution in [0.25, 0.3) is 55.0 Å². The highest BCUT2D eigenvalue weighted by molar-refractivity contribution is 6.19. The molecule has 5 aromatic carbocycles. The second-order valence-electron chi connectivity index (χ2n) is 10.3. The molecule has 0 unspecified atom stereocenters. The third kappa shape index (κ3) is 3.79. The van der Waals surface area contributed by atoms with Gasteiger partial charge in [0.2, 0.25) is 0 Å². The average Bonchev–Trinajstić information content (AvgIpc) is 3.46. The second-order valence-corrected chi connectivity index (χ2v) is 10.3. The first-order chi connectivity index (χ1) is 20.6. The number of aryl methyl sites for hydroxylation is 1. The fraction of sp³-hybridized carbons (Fsp3) is 0.0588. The van der Waals surface area contributed by atoms with Crippen LogP contribution in [0.5, 0.6) is 0 Å². The van der Waals surface area contributed by atoms with Gasteiger partial charge in [-0.15, -0.1) is 0 Å². The maximum atomic E-state index is 15.4. The molecule has 2 aromatic heterocycles. The van der Waals surface area contributed by atoms with E-state index in [1.807, 2.05) is 12.1 Å². The van der Waals surface area contributed by atoms with Crippen LogP contribution in [0.1, 0.15) is 22.3 Å². The SMILES string of the molecule is Cc1cc(F)cc(F)c1-n1c2ccccc2c2cc3c(cc21)c1ccccc1n3-c1c(C#N)cc(C#N)cc1C(F)(F)F. The number of benzene rings is 5. The number of alkyl halides is 3. The summed E-state index contributed by atoms with van der Waals surface area (Å²) < 4.78 is 76.2. The van der Waals surface area contributed by atoms with Gasteiger partial charge in [-0.3, -0.25) is 0 Å². The lowest BCUT2D eigenvalue weighted by atomic mass is 10.0. The number of hydrogen-bond acceptors (Lipinski definition) is 2. The minimum Gasteiger partial charge on any atom is -0.307 e. The van der Waals surface area contributed by atoms with Gasteiger partial charge in [0.1, 0.15) is 17.7 Å². The number of nitrogens with zero attached hydrogens (tertiary/aromatic N) is 4. The maximum Gasteiger partial charge on any atom is 0.418 e. The van der Waals surface area contributed by atoms with E-state index in [1.54, 1.807) is 72.2 Å². The van der Waals surface area contributed by atoms with Crippen LogP contribution in [0.4, 0.5) is 22.0 Å². The van der Waals surface area contributed by atoms with Crippen molar-refractivity contribution in [2.24, 2.45) is 0 Å². The Bertz CT molecular complexity index is 2370. The Hall–Kier alpha value is -5.67. The van der Waals surface area contributed by atoms with Crippen molar-refractivity contribution in [1.29, 1.82) is 10.5 Å². The summed E-state index contributed by atoms with van der Waals surface area (Å²) in [5.41, 5.74) is 0.444. The molecule has 2 heterocycles. The molecule has 9 heteroatoms. The van der Waals surface area contributed by atoms with Gasteiger partial charge in [-0.1, -0.05) is 36.4 Å². The van der Waals surface area contributed by atoms with E-state index in [4.69, 9.17) is 0 Å². The van der Waals surface area contributed by atoms with Gasteiger partial charge >= 0.3 is 6.18 Å². The van der Waals surface area contributed by atoms with Gasteiger partial charge in [0.15, 0.2) is 0 Å². The van der Waals surface area contributed by atoms with E-state index in [2.05, 4.69) is 0 Å². The minimum absolute atomic E-state index is 0.161. The van der Waals surface area contributed by atoms with Crippen LogP contribution in [0.2, 0.25) is 0 Å². The molecule has 7 aromatic rings. The predicted molar refractivity (Wildman–Crippen MR) is 154 cm³/mol. The first-order valence-corrected chi connectivity index (χ1v) is 13.1. The molecular formula is C34H17F5N4. The monoisotopic (exact) mass is 576 g/mol. The van der Waals surface area contributed by atoms with Crippen molar-refractivity contribution in [2.75, 3.05) is 0 Å². The van der Waals surface area contributed by atoms with E-state index in [-0.39, 0.29) is 22.5 Å². The summed E-state index contributed by atoms with van der Waals surface area (Å²) in [4.78, 5) is 0. The quantitative estimate of drug-likeness (QED) is 0.193. The first kappa shape index (κ1) is 26.2. The summed E-state index contributed by atoms with van der Waals surface area (Å²) in [5, 5.41) is 21.9. The number of aromatic nitrogens is 2. The summed E-state index contributed by atoms with van der Waals surface area (Å²) >= 11 is 0. The van der Waals surface area contributed by atoms with E-state index < -0.39 is 23.4 Å². The van der Waals surface area contributed by atoms with E-state index in [1.165, 1.54) is 10.6 Å². The molecule has 0 saturated heterocycles. The van der Waals surface area contributed by atoms with Gasteiger partial charge in [0, 0.05) is 27.6 Å². The molecule has 0 aliphatic heterocycles. The summed E-state index contributed by atoms with van der Waals surface area (Å²) in [6.45, 7) is 1.61. The third-order valence-electron chi connectivity index (χ3n) is 7.80. The molecule has 4 nitrogen and oxygen atoms in total. The van der Waals surface area contributed by atoms with Crippen LogP contribution >= 0.6 is 0 Å². The Morgan fingerprint density at radius 3 is 1.70 bits per heavy atom. The van der Waals surface area contributed by atoms with Gasteiger partial charge < -0.3 is 9.13 Å². The van der Waals surface area contributed by atoms with Crippen LogP contribution in [-0.4, -0.2) is 9.13 Å². The Morgan fingerprint density at radius 1 is 0.628 bits per heavy atom. The molecule has 0 aliphatic rings. The van der Waals surface area contributed by atoms with Crippen LogP contribution in [-0.2, 0) is 6.18 Å². The Balaban J connectivity index is 1.70. The highest BCUT2D eigenvalue weighted by Crippen LogP contribution is 2.43. The number of rotatable bonds is 2. The number of nitriles is 2. The summed E-state index contributed by atoms with van der Waals surface area (Å²) in [5.74, 6) is -1.46. The Kier molecular flexibility index (Phi) is 5.60. The number of fused-ring (bicyclic) bond motifs is 6. The minimum atomic E-state index is -4.87. The smallest absolute Gasteiger partial charge is 0.307 e. The van der Waals surface area contributed by atoms with E-state index in [0.29, 0.717) is 49.2 Å². The molecule has 0 aliphatic carbocycles. The van der Waals surface area contributed by atoms with Crippen molar-refractivity contribution >= 4 is 43.6 Å². The van der Waals surface area contributed by atoms with Gasteiger partial charge in [-0.25, -0.2) is 8.78 Å². The Labute approximate surface area is 240 Å². The van der Waals surface area contributed by atoms with E-state index in [0.717, 1.165) is 18.2 Å². The molecule has 7 rings (SSSR count). The van der Waals surface area contributed by atoms with Crippen LogP contribution in [0.3, 0.4) is 0 Å². The zero-order valence-corrected chi connectivity index (χ0v) is 22.3. The van der Waals surface area contributed by atoms with E-state index >= 15 is 4.39 Å². The third-order valence-corrected chi connectivity index (χ3v) is 7.80. The van der Waals surface area contributed by atoms with Crippen LogP contribution in [0, 0.1) is 41.2 Å². The molecule has 0 N–H and O–H groups in total. The lowest BCUT2D eigenvalue weighted by Crippen LogP contribution is -2.13. The molecule has 0 radical (unpaired) electrons. The summed E-state index contributed by atoms with van der Waals surface area (Å²) in [6, 6.07) is 25.1. The zero-order valence-electron chi connectivity index (χ0n) is 22.3. The number of halogens is 5. The van der Waals surface area contributed by atoms with Crippen molar-refractivity contribution < 1.29 is 22.0 Å². The normalized spacial score (nSPS) is 11.9. The van der Waals surface area contributed by atoms with Gasteiger partial charge in [0.05, 0.1) is 56.2 Å². The molecule has 208 valence electrons. The van der Waals surface area contributed by atoms with Gasteiger partial charge in [0.25, 0.3) is 0 Å². The second kappa shape index (κ2) is 9.17. The van der Waals surface area contributed by atoms with Crippen molar-refractivity contribution in [3.8, 4) is 23.5 Å². The fourth-order valence-corrected chi connectivity index (χ4v) is 6.13. The highest BCUT2D eigenvalue weighted by atomic mass is 19.4. The van der Waals surface area contributed by atoms with Crippen molar-refractivity contribution in [3.63, 3.8) is 0 Å². The molecule has 0 saturated carbocycles. The molecule has 43 heavy (non-hydrogen) atoms. The maximum absolute atomic E-state index is 15.4. The molecule has 0 spiro atoms. The summed E-state index contributed by atoms with van der Waals surface area (Å²) in [6.07, 6.45) is -4.87. The molecule has 0 bridgehead atoms. The van der Waals surface area contributed by atoms with Crippen LogP contribution < -0.4 is 0 Å². The van der Waals surface area contributed by atoms with Crippen molar-refractivity contribution in [1.82, 2.24) is 9.13 Å². The molecule has 0 fully saturated rings. The predicted octanol–water partition coefficient (Wildman–Crippen LogP) is 9.23. The standard InChI is InChI=1S/C34H17F5N4/c1-18-10-21(35)13-27(36)32(18)42-28-8-4-2-6-22(28)24-15-31-25(14-30(24)42)23-7-3-5-9-29(23)43(31)33-20(17-41)11-19(16-40)12-26(33)34(37,38)39/h2-15H,1H3. The zero-order chi connectivity index (χ0) is 30.2. The first-order valence-electron chi connectivity index (χ1n) is 13.1. The van der Waals surface area contributed by atoms with Crippen LogP contribution in [0.15, 0.2) is 84.9 Å². The highest BCUT2D eigenvalue weighted by Gasteiger charge is 2.37. The molecule has 0 amide bonds. The fourth-order valence-electron chi connectivity index (χ4n) is 6.13. The van der Waals surface area contributed by atoms with Gasteiger partial charge in [-0.05, 0) is 55.0 Å². The Morgan fingerprint density at radius 2 is 1.19 bits per heavy atom. The lowest BCUT2D eigenvalue weighted by Gasteiger charge is -2.18. The average molecular weight is 577 g/mol. The van der Waals surface area contributed by atoms with E-state index in [9.17, 15) is 28.1 Å². The number of para-hydroxylation sites is 2. The van der Waals surface area contributed by atoms with Crippen molar-refractivity contribution in [3.05, 3.63) is 119 Å². The summed E-state index contributed by atoms with van der Waals surface area (Å²) in [7, 11) is 0. The largest absolute Gasteiger partial charge is 0.418 e. The lowest BCUT2D eigenvalue weighted by molar-refractivity contribution is -0.137. The number of hydrogen-bond donors (Lipinski definition) is 0. The molecular weight excluding hydrogens is 559 g/mol. The van der Waals surface area contributed by atoms with Crippen molar-refractivity contribution in [2.45, 2.75) is 13.1 Å². The molecule has 0 atom stereocenters. The topological polar surface area (TPSA) is 57.4 Å².